The number of halogens is 1. The summed E-state index contributed by atoms with van der Waals surface area (Å²) in [6.45, 7) is 0.389. The van der Waals surface area contributed by atoms with E-state index in [1.807, 2.05) is 72.8 Å². The number of rotatable bonds is 6. The molecule has 0 aliphatic carbocycles. The first kappa shape index (κ1) is 19.8. The molecule has 0 atom stereocenters. The van der Waals surface area contributed by atoms with Crippen LogP contribution < -0.4 is 9.47 Å². The quantitative estimate of drug-likeness (QED) is 0.369. The lowest BCUT2D eigenvalue weighted by atomic mass is 10.1. The normalized spacial score (nSPS) is 14.4. The molecular weight excluding hydrogens is 400 g/mol. The van der Waals surface area contributed by atoms with Crippen LogP contribution in [0.15, 0.2) is 84.4 Å². The van der Waals surface area contributed by atoms with Gasteiger partial charge in [0.2, 0.25) is 0 Å². The number of methoxy groups -OCH3 is 1. The molecule has 4 rings (SSSR count). The SMILES string of the molecule is COc1ccc(C2=CC(=Cc3ccc(OCc4ccccc4Cl)cc3)C(=O)O2)cc1. The van der Waals surface area contributed by atoms with E-state index in [0.717, 1.165) is 28.2 Å². The molecule has 0 aromatic heterocycles. The number of ether oxygens (including phenoxy) is 3. The second-order valence-electron chi connectivity index (χ2n) is 6.68. The zero-order chi connectivity index (χ0) is 20.9. The van der Waals surface area contributed by atoms with Gasteiger partial charge in [-0.05, 0) is 60.2 Å². The Kier molecular flexibility index (Phi) is 5.87. The lowest BCUT2D eigenvalue weighted by Gasteiger charge is -2.08. The molecule has 150 valence electrons. The second kappa shape index (κ2) is 8.89. The summed E-state index contributed by atoms with van der Waals surface area (Å²) in [5, 5.41) is 0.679. The maximum Gasteiger partial charge on any atom is 0.343 e. The molecule has 0 unspecified atom stereocenters. The number of carbonyl (C=O) groups excluding carboxylic acids is 1. The molecule has 0 N–H and O–H groups in total. The smallest absolute Gasteiger partial charge is 0.343 e. The largest absolute Gasteiger partial charge is 0.497 e. The third-order valence-corrected chi connectivity index (χ3v) is 5.02. The van der Waals surface area contributed by atoms with Crippen molar-refractivity contribution in [1.29, 1.82) is 0 Å². The highest BCUT2D eigenvalue weighted by Gasteiger charge is 2.22. The van der Waals surface area contributed by atoms with Crippen LogP contribution in [-0.4, -0.2) is 13.1 Å². The van der Waals surface area contributed by atoms with E-state index in [1.54, 1.807) is 19.3 Å². The molecule has 0 amide bonds. The molecule has 1 heterocycles. The van der Waals surface area contributed by atoms with E-state index < -0.39 is 0 Å². The van der Waals surface area contributed by atoms with Gasteiger partial charge in [0.05, 0.1) is 12.7 Å². The molecule has 0 saturated heterocycles. The number of benzene rings is 3. The lowest BCUT2D eigenvalue weighted by Crippen LogP contribution is -1.97. The van der Waals surface area contributed by atoms with E-state index in [-0.39, 0.29) is 5.97 Å². The summed E-state index contributed by atoms with van der Waals surface area (Å²) >= 11 is 6.15. The Labute approximate surface area is 180 Å². The first-order valence-electron chi connectivity index (χ1n) is 9.38. The van der Waals surface area contributed by atoms with Crippen LogP contribution in [0, 0.1) is 0 Å². The summed E-state index contributed by atoms with van der Waals surface area (Å²) in [5.41, 5.74) is 3.11. The van der Waals surface area contributed by atoms with Crippen molar-refractivity contribution >= 4 is 29.4 Å². The lowest BCUT2D eigenvalue weighted by molar-refractivity contribution is -0.130. The Morgan fingerprint density at radius 2 is 1.63 bits per heavy atom. The van der Waals surface area contributed by atoms with Crippen molar-refractivity contribution in [3.8, 4) is 11.5 Å². The van der Waals surface area contributed by atoms with Crippen LogP contribution in [0.3, 0.4) is 0 Å². The molecule has 30 heavy (non-hydrogen) atoms. The molecule has 0 spiro atoms. The van der Waals surface area contributed by atoms with E-state index in [1.165, 1.54) is 0 Å². The summed E-state index contributed by atoms with van der Waals surface area (Å²) in [4.78, 5) is 12.2. The van der Waals surface area contributed by atoms with Gasteiger partial charge in [-0.2, -0.15) is 0 Å². The number of cyclic esters (lactones) is 1. The van der Waals surface area contributed by atoms with Gasteiger partial charge in [-0.1, -0.05) is 41.9 Å². The monoisotopic (exact) mass is 418 g/mol. The van der Waals surface area contributed by atoms with E-state index in [9.17, 15) is 4.79 Å². The molecule has 5 heteroatoms. The molecule has 0 saturated carbocycles. The van der Waals surface area contributed by atoms with Crippen LogP contribution in [0.25, 0.3) is 11.8 Å². The van der Waals surface area contributed by atoms with E-state index >= 15 is 0 Å². The number of carbonyl (C=O) groups is 1. The Hall–Kier alpha value is -3.50. The molecule has 0 fully saturated rings. The van der Waals surface area contributed by atoms with Gasteiger partial charge >= 0.3 is 5.97 Å². The summed E-state index contributed by atoms with van der Waals surface area (Å²) in [6, 6.07) is 22.4. The van der Waals surface area contributed by atoms with Gasteiger partial charge in [0.1, 0.15) is 23.9 Å². The molecule has 0 bridgehead atoms. The number of esters is 1. The third kappa shape index (κ3) is 4.56. The van der Waals surface area contributed by atoms with Crippen molar-refractivity contribution in [3.63, 3.8) is 0 Å². The van der Waals surface area contributed by atoms with Gasteiger partial charge in [0, 0.05) is 16.1 Å². The first-order chi connectivity index (χ1) is 14.6. The molecule has 3 aromatic carbocycles. The van der Waals surface area contributed by atoms with Gasteiger partial charge in [0.25, 0.3) is 0 Å². The van der Waals surface area contributed by atoms with Gasteiger partial charge < -0.3 is 14.2 Å². The number of hydrogen-bond donors (Lipinski definition) is 0. The fourth-order valence-electron chi connectivity index (χ4n) is 3.00. The van der Waals surface area contributed by atoms with E-state index in [4.69, 9.17) is 25.8 Å². The van der Waals surface area contributed by atoms with Crippen LogP contribution in [0.1, 0.15) is 16.7 Å². The van der Waals surface area contributed by atoms with Crippen molar-refractivity contribution in [2.45, 2.75) is 6.61 Å². The Morgan fingerprint density at radius 3 is 2.33 bits per heavy atom. The van der Waals surface area contributed by atoms with E-state index in [0.29, 0.717) is 23.0 Å². The van der Waals surface area contributed by atoms with Crippen molar-refractivity contribution in [2.24, 2.45) is 0 Å². The highest BCUT2D eigenvalue weighted by atomic mass is 35.5. The topological polar surface area (TPSA) is 44.8 Å². The first-order valence-corrected chi connectivity index (χ1v) is 9.76. The predicted octanol–water partition coefficient (Wildman–Crippen LogP) is 5.91. The van der Waals surface area contributed by atoms with Gasteiger partial charge in [-0.15, -0.1) is 0 Å². The van der Waals surface area contributed by atoms with Crippen LogP contribution >= 0.6 is 11.6 Å². The minimum absolute atomic E-state index is 0.375. The highest BCUT2D eigenvalue weighted by molar-refractivity contribution is 6.31. The molecular formula is C25H19ClO4. The number of hydrogen-bond acceptors (Lipinski definition) is 4. The summed E-state index contributed by atoms with van der Waals surface area (Å²) < 4.78 is 16.4. The molecule has 1 aliphatic heterocycles. The standard InChI is InChI=1S/C25H19ClO4/c1-28-21-12-8-18(9-13-21)24-15-20(25(27)30-24)14-17-6-10-22(11-7-17)29-16-19-4-2-3-5-23(19)26/h2-15H,16H2,1H3. The average molecular weight is 419 g/mol. The van der Waals surface area contributed by atoms with Crippen LogP contribution in [0.2, 0.25) is 5.02 Å². The van der Waals surface area contributed by atoms with Crippen molar-refractivity contribution in [1.82, 2.24) is 0 Å². The predicted molar refractivity (Wildman–Crippen MR) is 117 cm³/mol. The summed E-state index contributed by atoms with van der Waals surface area (Å²) in [5.74, 6) is 1.62. The van der Waals surface area contributed by atoms with Gasteiger partial charge in [-0.3, -0.25) is 0 Å². The Bertz CT molecular complexity index is 1110. The maximum absolute atomic E-state index is 12.2. The van der Waals surface area contributed by atoms with Crippen molar-refractivity contribution in [2.75, 3.05) is 7.11 Å². The van der Waals surface area contributed by atoms with E-state index in [2.05, 4.69) is 0 Å². The fourth-order valence-corrected chi connectivity index (χ4v) is 3.19. The average Bonchev–Trinajstić information content (AvgIpc) is 3.14. The fraction of sp³-hybridized carbons (Fsp3) is 0.0800. The van der Waals surface area contributed by atoms with Crippen molar-refractivity contribution < 1.29 is 19.0 Å². The highest BCUT2D eigenvalue weighted by Crippen LogP contribution is 2.29. The summed E-state index contributed by atoms with van der Waals surface area (Å²) in [7, 11) is 1.61. The minimum Gasteiger partial charge on any atom is -0.497 e. The molecule has 4 nitrogen and oxygen atoms in total. The maximum atomic E-state index is 12.2. The zero-order valence-electron chi connectivity index (χ0n) is 16.3. The minimum atomic E-state index is -0.375. The molecule has 3 aromatic rings. The van der Waals surface area contributed by atoms with Gasteiger partial charge in [-0.25, -0.2) is 4.79 Å². The Balaban J connectivity index is 1.45. The Morgan fingerprint density at radius 1 is 0.933 bits per heavy atom. The molecule has 0 radical (unpaired) electrons. The van der Waals surface area contributed by atoms with Crippen LogP contribution in [-0.2, 0) is 16.1 Å². The zero-order valence-corrected chi connectivity index (χ0v) is 17.1. The van der Waals surface area contributed by atoms with Crippen LogP contribution in [0.4, 0.5) is 0 Å². The van der Waals surface area contributed by atoms with Crippen molar-refractivity contribution in [3.05, 3.63) is 106 Å². The van der Waals surface area contributed by atoms with Crippen LogP contribution in [0.5, 0.6) is 11.5 Å². The summed E-state index contributed by atoms with van der Waals surface area (Å²) in [6.07, 6.45) is 3.53. The second-order valence-corrected chi connectivity index (χ2v) is 7.08. The molecule has 1 aliphatic rings. The third-order valence-electron chi connectivity index (χ3n) is 4.65. The van der Waals surface area contributed by atoms with Gasteiger partial charge in [0.15, 0.2) is 0 Å².